The predicted molar refractivity (Wildman–Crippen MR) is 71.0 cm³/mol. The molecule has 0 radical (unpaired) electrons. The highest BCUT2D eigenvalue weighted by molar-refractivity contribution is 5.97. The van der Waals surface area contributed by atoms with Crippen LogP contribution in [-0.2, 0) is 11.3 Å². The zero-order chi connectivity index (χ0) is 14.7. The van der Waals surface area contributed by atoms with Crippen molar-refractivity contribution in [1.82, 2.24) is 10.2 Å². The smallest absolute Gasteiger partial charge is 0.221 e. The summed E-state index contributed by atoms with van der Waals surface area (Å²) in [4.78, 5) is 24.6. The summed E-state index contributed by atoms with van der Waals surface area (Å²) in [7, 11) is 0. The minimum Gasteiger partial charge on any atom is -0.507 e. The molecule has 0 atom stereocenters. The molecule has 1 aromatic rings. The topological polar surface area (TPSA) is 69.6 Å². The lowest BCUT2D eigenvalue weighted by molar-refractivity contribution is -0.120. The number of hydrogen-bond acceptors (Lipinski definition) is 4. The zero-order valence-corrected chi connectivity index (χ0v) is 11.3. The van der Waals surface area contributed by atoms with Crippen LogP contribution < -0.4 is 5.32 Å². The van der Waals surface area contributed by atoms with E-state index in [1.54, 1.807) is 0 Å². The molecule has 6 heteroatoms. The van der Waals surface area contributed by atoms with Crippen LogP contribution >= 0.6 is 0 Å². The standard InChI is InChI=1S/C14H17FN2O3/c1-9(18)12-7-11(15)6-10(14(12)20)8-17-4-2-13(19)16-3-5-17/h6-7,20H,2-5,8H2,1H3,(H,16,19). The molecule has 2 rings (SSSR count). The van der Waals surface area contributed by atoms with Gasteiger partial charge in [0.15, 0.2) is 5.78 Å². The van der Waals surface area contributed by atoms with Gasteiger partial charge in [0.1, 0.15) is 11.6 Å². The van der Waals surface area contributed by atoms with E-state index in [9.17, 15) is 19.1 Å². The fourth-order valence-corrected chi connectivity index (χ4v) is 2.26. The molecule has 1 fully saturated rings. The van der Waals surface area contributed by atoms with Crippen LogP contribution in [-0.4, -0.2) is 41.3 Å². The molecule has 0 aliphatic carbocycles. The molecule has 5 nitrogen and oxygen atoms in total. The highest BCUT2D eigenvalue weighted by Gasteiger charge is 2.18. The van der Waals surface area contributed by atoms with Gasteiger partial charge >= 0.3 is 0 Å². The summed E-state index contributed by atoms with van der Waals surface area (Å²) in [6, 6.07) is 2.26. The Morgan fingerprint density at radius 1 is 1.45 bits per heavy atom. The molecule has 1 aliphatic rings. The Kier molecular flexibility index (Phi) is 4.34. The van der Waals surface area contributed by atoms with Gasteiger partial charge in [-0.25, -0.2) is 4.39 Å². The van der Waals surface area contributed by atoms with E-state index < -0.39 is 5.82 Å². The van der Waals surface area contributed by atoms with Gasteiger partial charge in [-0.1, -0.05) is 0 Å². The van der Waals surface area contributed by atoms with Crippen LogP contribution in [0.3, 0.4) is 0 Å². The zero-order valence-electron chi connectivity index (χ0n) is 11.3. The van der Waals surface area contributed by atoms with Gasteiger partial charge in [0, 0.05) is 38.2 Å². The van der Waals surface area contributed by atoms with Crippen molar-refractivity contribution in [3.63, 3.8) is 0 Å². The number of benzene rings is 1. The van der Waals surface area contributed by atoms with E-state index in [0.717, 1.165) is 6.07 Å². The van der Waals surface area contributed by atoms with Gasteiger partial charge in [-0.05, 0) is 19.1 Å². The number of carbonyl (C=O) groups excluding carboxylic acids is 2. The number of carbonyl (C=O) groups is 2. The van der Waals surface area contributed by atoms with E-state index in [0.29, 0.717) is 38.2 Å². The van der Waals surface area contributed by atoms with Crippen LogP contribution in [0.25, 0.3) is 0 Å². The van der Waals surface area contributed by atoms with Crippen molar-refractivity contribution in [3.8, 4) is 5.75 Å². The number of Topliss-reactive ketones (excluding diaryl/α,β-unsaturated/α-hetero) is 1. The molecule has 1 aromatic carbocycles. The van der Waals surface area contributed by atoms with Crippen molar-refractivity contribution < 1.29 is 19.1 Å². The number of phenols is 1. The van der Waals surface area contributed by atoms with Crippen molar-refractivity contribution in [2.24, 2.45) is 0 Å². The summed E-state index contributed by atoms with van der Waals surface area (Å²) < 4.78 is 13.5. The lowest BCUT2D eigenvalue weighted by atomic mass is 10.0. The molecule has 108 valence electrons. The highest BCUT2D eigenvalue weighted by atomic mass is 19.1. The molecular weight excluding hydrogens is 263 g/mol. The molecule has 0 saturated carbocycles. The van der Waals surface area contributed by atoms with Crippen LogP contribution in [0.2, 0.25) is 0 Å². The number of nitrogens with zero attached hydrogens (tertiary/aromatic N) is 1. The van der Waals surface area contributed by atoms with E-state index in [2.05, 4.69) is 5.32 Å². The molecular formula is C14H17FN2O3. The summed E-state index contributed by atoms with van der Waals surface area (Å²) in [6.07, 6.45) is 0.371. The number of hydrogen-bond donors (Lipinski definition) is 2. The molecule has 0 spiro atoms. The molecule has 0 unspecified atom stereocenters. The Morgan fingerprint density at radius 2 is 2.20 bits per heavy atom. The first-order chi connectivity index (χ1) is 9.47. The third-order valence-electron chi connectivity index (χ3n) is 3.33. The molecule has 0 bridgehead atoms. The van der Waals surface area contributed by atoms with Crippen LogP contribution in [0.4, 0.5) is 4.39 Å². The van der Waals surface area contributed by atoms with Crippen LogP contribution in [0, 0.1) is 5.82 Å². The lowest BCUT2D eigenvalue weighted by Gasteiger charge is -2.20. The van der Waals surface area contributed by atoms with E-state index in [1.807, 2.05) is 4.90 Å². The Hall–Kier alpha value is -1.95. The van der Waals surface area contributed by atoms with Crippen molar-refractivity contribution >= 4 is 11.7 Å². The second-order valence-corrected chi connectivity index (χ2v) is 4.89. The van der Waals surface area contributed by atoms with Gasteiger partial charge in [-0.2, -0.15) is 0 Å². The first-order valence-corrected chi connectivity index (χ1v) is 6.48. The van der Waals surface area contributed by atoms with Gasteiger partial charge in [0.25, 0.3) is 0 Å². The molecule has 0 aromatic heterocycles. The second-order valence-electron chi connectivity index (χ2n) is 4.89. The summed E-state index contributed by atoms with van der Waals surface area (Å²) in [5.41, 5.74) is 0.355. The number of ketones is 1. The number of amides is 1. The van der Waals surface area contributed by atoms with Crippen molar-refractivity contribution in [3.05, 3.63) is 29.1 Å². The van der Waals surface area contributed by atoms with Gasteiger partial charge in [-0.15, -0.1) is 0 Å². The first kappa shape index (κ1) is 14.5. The number of halogens is 1. The fraction of sp³-hybridized carbons (Fsp3) is 0.429. The Labute approximate surface area is 116 Å². The molecule has 1 amide bonds. The molecule has 20 heavy (non-hydrogen) atoms. The maximum Gasteiger partial charge on any atom is 0.221 e. The monoisotopic (exact) mass is 280 g/mol. The van der Waals surface area contributed by atoms with E-state index in [4.69, 9.17) is 0 Å². The average molecular weight is 280 g/mol. The van der Waals surface area contributed by atoms with Gasteiger partial charge in [-0.3, -0.25) is 14.5 Å². The quantitative estimate of drug-likeness (QED) is 0.812. The third kappa shape index (κ3) is 3.33. The van der Waals surface area contributed by atoms with E-state index in [1.165, 1.54) is 13.0 Å². The fourth-order valence-electron chi connectivity index (χ4n) is 2.26. The number of phenolic OH excluding ortho intramolecular Hbond substituents is 1. The molecule has 1 aliphatic heterocycles. The summed E-state index contributed by atoms with van der Waals surface area (Å²) in [5.74, 6) is -1.12. The van der Waals surface area contributed by atoms with E-state index >= 15 is 0 Å². The van der Waals surface area contributed by atoms with Gasteiger partial charge in [0.2, 0.25) is 5.91 Å². The maximum absolute atomic E-state index is 13.5. The minimum atomic E-state index is -0.549. The van der Waals surface area contributed by atoms with Crippen molar-refractivity contribution in [2.45, 2.75) is 19.9 Å². The number of rotatable bonds is 3. The molecule has 1 saturated heterocycles. The van der Waals surface area contributed by atoms with Crippen LogP contribution in [0.15, 0.2) is 12.1 Å². The largest absolute Gasteiger partial charge is 0.507 e. The normalized spacial score (nSPS) is 16.6. The van der Waals surface area contributed by atoms with Gasteiger partial charge < -0.3 is 10.4 Å². The summed E-state index contributed by atoms with van der Waals surface area (Å²) in [6.45, 7) is 3.27. The SMILES string of the molecule is CC(=O)c1cc(F)cc(CN2CCNC(=O)CC2)c1O. The maximum atomic E-state index is 13.5. The Balaban J connectivity index is 2.20. The van der Waals surface area contributed by atoms with E-state index in [-0.39, 0.29) is 23.0 Å². The third-order valence-corrected chi connectivity index (χ3v) is 3.33. The molecule has 1 heterocycles. The van der Waals surface area contributed by atoms with Gasteiger partial charge in [0.05, 0.1) is 5.56 Å². The highest BCUT2D eigenvalue weighted by Crippen LogP contribution is 2.26. The van der Waals surface area contributed by atoms with Crippen molar-refractivity contribution in [1.29, 1.82) is 0 Å². The Bertz CT molecular complexity index is 545. The first-order valence-electron chi connectivity index (χ1n) is 6.48. The van der Waals surface area contributed by atoms with Crippen molar-refractivity contribution in [2.75, 3.05) is 19.6 Å². The van der Waals surface area contributed by atoms with Crippen LogP contribution in [0.5, 0.6) is 5.75 Å². The average Bonchev–Trinajstić information content (AvgIpc) is 2.58. The number of aromatic hydroxyl groups is 1. The van der Waals surface area contributed by atoms with Crippen LogP contribution in [0.1, 0.15) is 29.3 Å². The second kappa shape index (κ2) is 6.00. The minimum absolute atomic E-state index is 0.0102. The summed E-state index contributed by atoms with van der Waals surface area (Å²) >= 11 is 0. The Morgan fingerprint density at radius 3 is 2.90 bits per heavy atom. The number of nitrogens with one attached hydrogen (secondary N) is 1. The molecule has 2 N–H and O–H groups in total. The summed E-state index contributed by atoms with van der Waals surface area (Å²) in [5, 5.41) is 12.8. The lowest BCUT2D eigenvalue weighted by Crippen LogP contribution is -2.28. The predicted octanol–water partition coefficient (Wildman–Crippen LogP) is 1.06.